The van der Waals surface area contributed by atoms with Crippen molar-refractivity contribution < 1.29 is 9.59 Å². The fraction of sp³-hybridized carbons (Fsp3) is 0.529. The largest absolute Gasteiger partial charge is 0.351 e. The molecule has 2 amide bonds. The quantitative estimate of drug-likeness (QED) is 0.594. The minimum absolute atomic E-state index is 0. The zero-order valence-corrected chi connectivity index (χ0v) is 16.7. The van der Waals surface area contributed by atoms with Crippen LogP contribution in [0.3, 0.4) is 0 Å². The van der Waals surface area contributed by atoms with Crippen LogP contribution >= 0.6 is 24.8 Å². The van der Waals surface area contributed by atoms with Gasteiger partial charge in [0.05, 0.1) is 6.04 Å². The lowest BCUT2D eigenvalue weighted by Crippen LogP contribution is -2.40. The molecule has 0 spiro atoms. The number of hydrogen-bond donors (Lipinski definition) is 3. The van der Waals surface area contributed by atoms with Crippen LogP contribution < -0.4 is 16.4 Å². The van der Waals surface area contributed by atoms with Gasteiger partial charge in [0, 0.05) is 25.2 Å². The number of likely N-dealkylation sites (N-methyl/N-ethyl adjacent to an activating group) is 1. The van der Waals surface area contributed by atoms with Gasteiger partial charge >= 0.3 is 0 Å². The van der Waals surface area contributed by atoms with Crippen LogP contribution in [-0.2, 0) is 11.3 Å². The van der Waals surface area contributed by atoms with E-state index in [-0.39, 0.29) is 36.6 Å². The van der Waals surface area contributed by atoms with Gasteiger partial charge in [-0.1, -0.05) is 25.5 Å². The van der Waals surface area contributed by atoms with E-state index in [9.17, 15) is 9.59 Å². The van der Waals surface area contributed by atoms with Crippen LogP contribution in [0.4, 0.5) is 0 Å². The highest BCUT2D eigenvalue weighted by atomic mass is 35.5. The van der Waals surface area contributed by atoms with E-state index in [0.29, 0.717) is 25.1 Å². The average Bonchev–Trinajstić information content (AvgIpc) is 2.52. The van der Waals surface area contributed by atoms with Gasteiger partial charge in [-0.2, -0.15) is 0 Å². The van der Waals surface area contributed by atoms with Gasteiger partial charge in [0.25, 0.3) is 5.91 Å². The van der Waals surface area contributed by atoms with E-state index in [1.807, 2.05) is 38.1 Å². The molecule has 144 valence electrons. The van der Waals surface area contributed by atoms with Gasteiger partial charge < -0.3 is 21.3 Å². The van der Waals surface area contributed by atoms with Crippen LogP contribution in [-0.4, -0.2) is 49.9 Å². The van der Waals surface area contributed by atoms with Crippen molar-refractivity contribution in [3.05, 3.63) is 35.4 Å². The Morgan fingerprint density at radius 1 is 1.12 bits per heavy atom. The summed E-state index contributed by atoms with van der Waals surface area (Å²) in [4.78, 5) is 25.7. The molecule has 0 aliphatic carbocycles. The summed E-state index contributed by atoms with van der Waals surface area (Å²) < 4.78 is 0. The lowest BCUT2D eigenvalue weighted by atomic mass is 10.1. The zero-order valence-electron chi connectivity index (χ0n) is 15.1. The second-order valence-corrected chi connectivity index (χ2v) is 5.87. The first-order valence-electron chi connectivity index (χ1n) is 7.99. The standard InChI is InChI=1S/C17H28N4O2.2ClH/c1-4-5-15(18)17(23)20-12-13-6-8-14(9-7-13)16(22)19-10-11-21(2)3;;/h6-9,15H,4-5,10-12,18H2,1-3H3,(H,19,22)(H,20,23);2*1H. The number of carbonyl (C=O) groups excluding carboxylic acids is 2. The van der Waals surface area contributed by atoms with Gasteiger partial charge in [-0.25, -0.2) is 0 Å². The molecule has 1 aromatic rings. The molecule has 0 heterocycles. The third-order valence-electron chi connectivity index (χ3n) is 3.46. The van der Waals surface area contributed by atoms with E-state index in [1.165, 1.54) is 0 Å². The van der Waals surface area contributed by atoms with Crippen molar-refractivity contribution in [3.63, 3.8) is 0 Å². The highest BCUT2D eigenvalue weighted by Crippen LogP contribution is 2.05. The molecule has 0 aliphatic rings. The Hall–Kier alpha value is -1.34. The summed E-state index contributed by atoms with van der Waals surface area (Å²) in [6, 6.07) is 6.75. The average molecular weight is 393 g/mol. The van der Waals surface area contributed by atoms with Gasteiger partial charge in [0.1, 0.15) is 0 Å². The summed E-state index contributed by atoms with van der Waals surface area (Å²) in [6.07, 6.45) is 1.56. The van der Waals surface area contributed by atoms with Crippen molar-refractivity contribution in [2.75, 3.05) is 27.2 Å². The van der Waals surface area contributed by atoms with Crippen molar-refractivity contribution in [1.82, 2.24) is 15.5 Å². The molecule has 4 N–H and O–H groups in total. The molecule has 0 bridgehead atoms. The molecule has 0 fully saturated rings. The Labute approximate surface area is 162 Å². The van der Waals surface area contributed by atoms with Crippen LogP contribution in [0.2, 0.25) is 0 Å². The predicted molar refractivity (Wildman–Crippen MR) is 107 cm³/mol. The Kier molecular flexibility index (Phi) is 14.4. The summed E-state index contributed by atoms with van der Waals surface area (Å²) in [5.74, 6) is -0.232. The molecule has 6 nitrogen and oxygen atoms in total. The molecule has 8 heteroatoms. The maximum absolute atomic E-state index is 11.9. The Balaban J connectivity index is 0. The molecule has 0 radical (unpaired) electrons. The molecule has 1 atom stereocenters. The zero-order chi connectivity index (χ0) is 17.2. The number of amides is 2. The van der Waals surface area contributed by atoms with E-state index in [2.05, 4.69) is 10.6 Å². The number of nitrogens with two attached hydrogens (primary N) is 1. The van der Waals surface area contributed by atoms with Gasteiger partial charge in [-0.15, -0.1) is 24.8 Å². The van der Waals surface area contributed by atoms with Crippen LogP contribution in [0, 0.1) is 0 Å². The maximum Gasteiger partial charge on any atom is 0.251 e. The van der Waals surface area contributed by atoms with Crippen molar-refractivity contribution in [2.24, 2.45) is 5.73 Å². The molecular formula is C17H30Cl2N4O2. The fourth-order valence-corrected chi connectivity index (χ4v) is 2.03. The Morgan fingerprint density at radius 2 is 1.72 bits per heavy atom. The first-order valence-corrected chi connectivity index (χ1v) is 7.99. The number of nitrogens with one attached hydrogen (secondary N) is 2. The van der Waals surface area contributed by atoms with Crippen molar-refractivity contribution in [2.45, 2.75) is 32.4 Å². The van der Waals surface area contributed by atoms with Crippen molar-refractivity contribution in [3.8, 4) is 0 Å². The van der Waals surface area contributed by atoms with Crippen LogP contribution in [0.1, 0.15) is 35.7 Å². The number of benzene rings is 1. The Morgan fingerprint density at radius 3 is 2.24 bits per heavy atom. The van der Waals surface area contributed by atoms with Gasteiger partial charge in [0.2, 0.25) is 5.91 Å². The molecular weight excluding hydrogens is 363 g/mol. The summed E-state index contributed by atoms with van der Waals surface area (Å²) in [6.45, 7) is 3.82. The summed E-state index contributed by atoms with van der Waals surface area (Å²) in [5, 5.41) is 5.67. The van der Waals surface area contributed by atoms with Crippen LogP contribution in [0.25, 0.3) is 0 Å². The molecule has 0 aliphatic heterocycles. The highest BCUT2D eigenvalue weighted by molar-refractivity contribution is 5.94. The topological polar surface area (TPSA) is 87.5 Å². The van der Waals surface area contributed by atoms with E-state index in [4.69, 9.17) is 5.73 Å². The highest BCUT2D eigenvalue weighted by Gasteiger charge is 2.11. The first-order chi connectivity index (χ1) is 10.9. The lowest BCUT2D eigenvalue weighted by molar-refractivity contribution is -0.122. The van der Waals surface area contributed by atoms with Gasteiger partial charge in [-0.3, -0.25) is 9.59 Å². The summed E-state index contributed by atoms with van der Waals surface area (Å²) >= 11 is 0. The molecule has 0 saturated heterocycles. The fourth-order valence-electron chi connectivity index (χ4n) is 2.03. The van der Waals surface area contributed by atoms with Gasteiger partial charge in [-0.05, 0) is 38.2 Å². The molecule has 1 aromatic carbocycles. The number of halogens is 2. The first kappa shape index (κ1) is 25.9. The minimum Gasteiger partial charge on any atom is -0.351 e. The number of rotatable bonds is 9. The molecule has 0 saturated carbocycles. The molecule has 25 heavy (non-hydrogen) atoms. The number of carbonyl (C=O) groups is 2. The normalized spacial score (nSPS) is 11.1. The second-order valence-electron chi connectivity index (χ2n) is 5.87. The smallest absolute Gasteiger partial charge is 0.251 e. The molecule has 1 unspecified atom stereocenters. The van der Waals surface area contributed by atoms with E-state index in [0.717, 1.165) is 18.5 Å². The van der Waals surface area contributed by atoms with E-state index >= 15 is 0 Å². The molecule has 1 rings (SSSR count). The van der Waals surface area contributed by atoms with Crippen LogP contribution in [0.5, 0.6) is 0 Å². The molecule has 0 aromatic heterocycles. The second kappa shape index (κ2) is 13.9. The Bertz CT molecular complexity index is 510. The van der Waals surface area contributed by atoms with E-state index < -0.39 is 6.04 Å². The van der Waals surface area contributed by atoms with Crippen molar-refractivity contribution in [1.29, 1.82) is 0 Å². The third kappa shape index (κ3) is 10.3. The van der Waals surface area contributed by atoms with E-state index in [1.54, 1.807) is 12.1 Å². The summed E-state index contributed by atoms with van der Waals surface area (Å²) in [7, 11) is 3.92. The lowest BCUT2D eigenvalue weighted by Gasteiger charge is -2.12. The minimum atomic E-state index is -0.457. The number of hydrogen-bond acceptors (Lipinski definition) is 4. The predicted octanol–water partition coefficient (Wildman–Crippen LogP) is 1.57. The summed E-state index contributed by atoms with van der Waals surface area (Å²) in [5.41, 5.74) is 7.30. The maximum atomic E-state index is 11.9. The SMILES string of the molecule is CCCC(N)C(=O)NCc1ccc(C(=O)NCCN(C)C)cc1.Cl.Cl. The van der Waals surface area contributed by atoms with Crippen molar-refractivity contribution >= 4 is 36.6 Å². The monoisotopic (exact) mass is 392 g/mol. The van der Waals surface area contributed by atoms with Gasteiger partial charge in [0.15, 0.2) is 0 Å². The van der Waals surface area contributed by atoms with Crippen LogP contribution in [0.15, 0.2) is 24.3 Å². The number of nitrogens with zero attached hydrogens (tertiary/aromatic N) is 1. The third-order valence-corrected chi connectivity index (χ3v) is 3.46.